The van der Waals surface area contributed by atoms with E-state index in [1.807, 2.05) is 24.3 Å². The Morgan fingerprint density at radius 3 is 2.75 bits per heavy atom. The topological polar surface area (TPSA) is 35.5 Å². The zero-order chi connectivity index (χ0) is 13.9. The number of aryl methyl sites for hydroxylation is 1. The molecule has 2 heterocycles. The van der Waals surface area contributed by atoms with Crippen LogP contribution >= 0.6 is 11.3 Å². The summed E-state index contributed by atoms with van der Waals surface area (Å²) in [6.07, 6.45) is 1.43. The zero-order valence-electron chi connectivity index (χ0n) is 11.3. The zero-order valence-corrected chi connectivity index (χ0v) is 12.2. The average Bonchev–Trinajstić information content (AvgIpc) is 2.94. The molecule has 0 radical (unpaired) electrons. The fourth-order valence-electron chi connectivity index (χ4n) is 2.25. The van der Waals surface area contributed by atoms with Crippen LogP contribution in [-0.2, 0) is 12.8 Å². The van der Waals surface area contributed by atoms with E-state index in [0.29, 0.717) is 36.7 Å². The highest BCUT2D eigenvalue weighted by atomic mass is 32.1. The molecule has 0 aliphatic carbocycles. The molecular weight excluding hydrogens is 272 g/mol. The van der Waals surface area contributed by atoms with Crippen molar-refractivity contribution in [2.24, 2.45) is 0 Å². The van der Waals surface area contributed by atoms with E-state index in [1.165, 1.54) is 4.88 Å². The monoisotopic (exact) mass is 288 g/mol. The van der Waals surface area contributed by atoms with Crippen molar-refractivity contribution in [3.05, 3.63) is 45.6 Å². The lowest BCUT2D eigenvalue weighted by atomic mass is 10.1. The fraction of sp³-hybridized carbons (Fsp3) is 0.312. The summed E-state index contributed by atoms with van der Waals surface area (Å²) in [6.45, 7) is 3.15. The van der Waals surface area contributed by atoms with Crippen molar-refractivity contribution < 1.29 is 14.3 Å². The van der Waals surface area contributed by atoms with Crippen LogP contribution in [0.2, 0.25) is 0 Å². The Morgan fingerprint density at radius 2 is 1.95 bits per heavy atom. The van der Waals surface area contributed by atoms with Gasteiger partial charge in [0.15, 0.2) is 17.3 Å². The Bertz CT molecular complexity index is 630. The predicted octanol–water partition coefficient (Wildman–Crippen LogP) is 3.51. The summed E-state index contributed by atoms with van der Waals surface area (Å²) in [5, 5.41) is 0. The van der Waals surface area contributed by atoms with Crippen LogP contribution in [0.25, 0.3) is 0 Å². The number of Topliss-reactive ketones (excluding diaryl/α,β-unsaturated/α-hetero) is 1. The van der Waals surface area contributed by atoms with E-state index in [4.69, 9.17) is 9.47 Å². The summed E-state index contributed by atoms with van der Waals surface area (Å²) >= 11 is 1.70. The first-order valence-corrected chi connectivity index (χ1v) is 7.59. The van der Waals surface area contributed by atoms with Gasteiger partial charge in [-0.1, -0.05) is 13.0 Å². The second kappa shape index (κ2) is 5.67. The molecule has 0 saturated heterocycles. The molecule has 1 aromatic heterocycles. The standard InChI is InChI=1S/C16H16O3S/c1-2-11-6-7-12(20-11)10-14(17)13-4-3-5-15-16(13)19-9-8-18-15/h3-7H,2,8-10H2,1H3. The third-order valence-electron chi connectivity index (χ3n) is 3.27. The number of carbonyl (C=O) groups is 1. The summed E-state index contributed by atoms with van der Waals surface area (Å²) in [6, 6.07) is 9.62. The molecule has 1 aromatic carbocycles. The minimum atomic E-state index is 0.0804. The fourth-order valence-corrected chi connectivity index (χ4v) is 3.21. The second-order valence-corrected chi connectivity index (χ2v) is 5.90. The minimum Gasteiger partial charge on any atom is -0.486 e. The van der Waals surface area contributed by atoms with Gasteiger partial charge < -0.3 is 9.47 Å². The second-order valence-electron chi connectivity index (χ2n) is 4.65. The van der Waals surface area contributed by atoms with Gasteiger partial charge in [0.1, 0.15) is 13.2 Å². The van der Waals surface area contributed by atoms with Crippen LogP contribution < -0.4 is 9.47 Å². The van der Waals surface area contributed by atoms with Crippen LogP contribution in [-0.4, -0.2) is 19.0 Å². The molecule has 0 amide bonds. The first-order chi connectivity index (χ1) is 9.78. The van der Waals surface area contributed by atoms with Crippen LogP contribution in [0.15, 0.2) is 30.3 Å². The van der Waals surface area contributed by atoms with Gasteiger partial charge in [-0.3, -0.25) is 4.79 Å². The van der Waals surface area contributed by atoms with Crippen molar-refractivity contribution in [3.63, 3.8) is 0 Å². The SMILES string of the molecule is CCc1ccc(CC(=O)c2cccc3c2OCCO3)s1. The molecule has 0 N–H and O–H groups in total. The van der Waals surface area contributed by atoms with Gasteiger partial charge >= 0.3 is 0 Å². The van der Waals surface area contributed by atoms with Gasteiger partial charge in [0.25, 0.3) is 0 Å². The van der Waals surface area contributed by atoms with E-state index >= 15 is 0 Å². The Morgan fingerprint density at radius 1 is 1.15 bits per heavy atom. The van der Waals surface area contributed by atoms with E-state index in [2.05, 4.69) is 13.0 Å². The van der Waals surface area contributed by atoms with Crippen LogP contribution in [0.3, 0.4) is 0 Å². The molecule has 4 heteroatoms. The van der Waals surface area contributed by atoms with Gasteiger partial charge in [-0.2, -0.15) is 0 Å². The maximum absolute atomic E-state index is 12.5. The Balaban J connectivity index is 1.83. The lowest BCUT2D eigenvalue weighted by Gasteiger charge is -2.20. The number of hydrogen-bond donors (Lipinski definition) is 0. The van der Waals surface area contributed by atoms with Gasteiger partial charge in [0.05, 0.1) is 5.56 Å². The number of ether oxygens (including phenoxy) is 2. The lowest BCUT2D eigenvalue weighted by molar-refractivity contribution is 0.0982. The van der Waals surface area contributed by atoms with Crippen LogP contribution in [0.1, 0.15) is 27.0 Å². The Hall–Kier alpha value is -1.81. The van der Waals surface area contributed by atoms with Gasteiger partial charge in [-0.05, 0) is 30.7 Å². The normalized spacial score (nSPS) is 13.2. The van der Waals surface area contributed by atoms with Gasteiger partial charge in [-0.15, -0.1) is 11.3 Å². The highest BCUT2D eigenvalue weighted by Gasteiger charge is 2.20. The Labute approximate surface area is 122 Å². The highest BCUT2D eigenvalue weighted by Crippen LogP contribution is 2.34. The molecule has 104 valence electrons. The third kappa shape index (κ3) is 2.56. The van der Waals surface area contributed by atoms with Gasteiger partial charge in [-0.25, -0.2) is 0 Å². The molecule has 0 atom stereocenters. The third-order valence-corrected chi connectivity index (χ3v) is 4.50. The summed E-state index contributed by atoms with van der Waals surface area (Å²) in [5.41, 5.74) is 0.619. The van der Waals surface area contributed by atoms with Crippen LogP contribution in [0, 0.1) is 0 Å². The van der Waals surface area contributed by atoms with Crippen molar-refractivity contribution in [3.8, 4) is 11.5 Å². The highest BCUT2D eigenvalue weighted by molar-refractivity contribution is 7.12. The molecule has 0 saturated carbocycles. The summed E-state index contributed by atoms with van der Waals surface area (Å²) in [7, 11) is 0. The summed E-state index contributed by atoms with van der Waals surface area (Å²) < 4.78 is 11.1. The molecule has 3 rings (SSSR count). The first kappa shape index (κ1) is 13.2. The number of rotatable bonds is 4. The van der Waals surface area contributed by atoms with Crippen LogP contribution in [0.4, 0.5) is 0 Å². The smallest absolute Gasteiger partial charge is 0.172 e. The van der Waals surface area contributed by atoms with Crippen LogP contribution in [0.5, 0.6) is 11.5 Å². The molecule has 0 unspecified atom stereocenters. The molecule has 0 spiro atoms. The molecule has 0 fully saturated rings. The summed E-state index contributed by atoms with van der Waals surface area (Å²) in [4.78, 5) is 14.9. The number of para-hydroxylation sites is 1. The van der Waals surface area contributed by atoms with Crippen molar-refractivity contribution in [2.45, 2.75) is 19.8 Å². The maximum atomic E-state index is 12.5. The van der Waals surface area contributed by atoms with E-state index in [-0.39, 0.29) is 5.78 Å². The maximum Gasteiger partial charge on any atom is 0.172 e. The van der Waals surface area contributed by atoms with Crippen molar-refractivity contribution in [2.75, 3.05) is 13.2 Å². The quantitative estimate of drug-likeness (QED) is 0.808. The van der Waals surface area contributed by atoms with Crippen molar-refractivity contribution in [1.29, 1.82) is 0 Å². The number of ketones is 1. The number of benzene rings is 1. The lowest BCUT2D eigenvalue weighted by Crippen LogP contribution is -2.18. The Kier molecular flexibility index (Phi) is 3.74. The van der Waals surface area contributed by atoms with E-state index in [9.17, 15) is 4.79 Å². The molecule has 0 bridgehead atoms. The molecule has 2 aromatic rings. The first-order valence-electron chi connectivity index (χ1n) is 6.77. The molecule has 3 nitrogen and oxygen atoms in total. The van der Waals surface area contributed by atoms with Crippen molar-refractivity contribution >= 4 is 17.1 Å². The molecule has 20 heavy (non-hydrogen) atoms. The minimum absolute atomic E-state index is 0.0804. The predicted molar refractivity (Wildman–Crippen MR) is 79.2 cm³/mol. The van der Waals surface area contributed by atoms with Crippen molar-refractivity contribution in [1.82, 2.24) is 0 Å². The van der Waals surface area contributed by atoms with E-state index in [0.717, 1.165) is 11.3 Å². The number of carbonyl (C=O) groups excluding carboxylic acids is 1. The van der Waals surface area contributed by atoms with E-state index in [1.54, 1.807) is 11.3 Å². The summed E-state index contributed by atoms with van der Waals surface area (Å²) in [5.74, 6) is 1.34. The molecule has 1 aliphatic heterocycles. The average molecular weight is 288 g/mol. The number of fused-ring (bicyclic) bond motifs is 1. The largest absolute Gasteiger partial charge is 0.486 e. The molecular formula is C16H16O3S. The molecule has 1 aliphatic rings. The number of hydrogen-bond acceptors (Lipinski definition) is 4. The van der Waals surface area contributed by atoms with Gasteiger partial charge in [0, 0.05) is 16.2 Å². The van der Waals surface area contributed by atoms with Gasteiger partial charge in [0.2, 0.25) is 0 Å². The van der Waals surface area contributed by atoms with E-state index < -0.39 is 0 Å². The number of thiophene rings is 1.